The molecule has 0 atom stereocenters. The summed E-state index contributed by atoms with van der Waals surface area (Å²) >= 11 is 0. The maximum absolute atomic E-state index is 5.65. The zero-order chi connectivity index (χ0) is 15.5. The lowest BCUT2D eigenvalue weighted by Gasteiger charge is -2.14. The van der Waals surface area contributed by atoms with E-state index in [4.69, 9.17) is 4.74 Å². The molecule has 1 aromatic carbocycles. The second-order valence-corrected chi connectivity index (χ2v) is 5.32. The van der Waals surface area contributed by atoms with Gasteiger partial charge in [0, 0.05) is 19.2 Å². The molecule has 0 aliphatic rings. The van der Waals surface area contributed by atoms with E-state index in [1.165, 1.54) is 11.1 Å². The summed E-state index contributed by atoms with van der Waals surface area (Å²) in [6.45, 7) is 11.4. The van der Waals surface area contributed by atoms with Gasteiger partial charge in [-0.3, -0.25) is 0 Å². The van der Waals surface area contributed by atoms with E-state index in [9.17, 15) is 0 Å². The normalized spacial score (nSPS) is 11.2. The molecule has 0 spiro atoms. The number of guanidine groups is 1. The van der Waals surface area contributed by atoms with Crippen LogP contribution in [0.5, 0.6) is 0 Å². The predicted octanol–water partition coefficient (Wildman–Crippen LogP) is 3.69. The van der Waals surface area contributed by atoms with Crippen LogP contribution in [0.4, 0.5) is 0 Å². The lowest BCUT2D eigenvalue weighted by Crippen LogP contribution is -2.41. The first-order chi connectivity index (χ1) is 10.2. The van der Waals surface area contributed by atoms with Crippen LogP contribution in [0.15, 0.2) is 29.3 Å². The number of rotatable bonds is 8. The Morgan fingerprint density at radius 1 is 1.18 bits per heavy atom. The molecule has 0 fully saturated rings. The Bertz CT molecular complexity index is 436. The minimum atomic E-state index is 0. The van der Waals surface area contributed by atoms with Gasteiger partial charge in [-0.2, -0.15) is 0 Å². The topological polar surface area (TPSA) is 45.6 Å². The minimum absolute atomic E-state index is 0. The lowest BCUT2D eigenvalue weighted by molar-refractivity contribution is 0.121. The van der Waals surface area contributed by atoms with Gasteiger partial charge < -0.3 is 15.4 Å². The SMILES string of the molecule is CCCOCc1ccccc1CN=C(NCC)NC(C)C.I. The summed E-state index contributed by atoms with van der Waals surface area (Å²) in [6, 6.07) is 8.70. The number of nitrogens with one attached hydrogen (secondary N) is 2. The Morgan fingerprint density at radius 3 is 2.45 bits per heavy atom. The van der Waals surface area contributed by atoms with Gasteiger partial charge in [0.15, 0.2) is 5.96 Å². The molecule has 0 saturated carbocycles. The van der Waals surface area contributed by atoms with Crippen molar-refractivity contribution in [2.75, 3.05) is 13.2 Å². The van der Waals surface area contributed by atoms with Crippen LogP contribution < -0.4 is 10.6 Å². The van der Waals surface area contributed by atoms with E-state index >= 15 is 0 Å². The number of nitrogens with zero attached hydrogens (tertiary/aromatic N) is 1. The number of hydrogen-bond donors (Lipinski definition) is 2. The summed E-state index contributed by atoms with van der Waals surface area (Å²) in [5.41, 5.74) is 2.43. The first-order valence-corrected chi connectivity index (χ1v) is 7.86. The van der Waals surface area contributed by atoms with Gasteiger partial charge in [0.2, 0.25) is 0 Å². The maximum Gasteiger partial charge on any atom is 0.191 e. The molecule has 0 saturated heterocycles. The van der Waals surface area contributed by atoms with Crippen molar-refractivity contribution in [2.45, 2.75) is 53.3 Å². The first-order valence-electron chi connectivity index (χ1n) is 7.86. The summed E-state index contributed by atoms with van der Waals surface area (Å²) in [6.07, 6.45) is 1.04. The summed E-state index contributed by atoms with van der Waals surface area (Å²) in [5.74, 6) is 0.858. The van der Waals surface area contributed by atoms with Crippen LogP contribution in [-0.4, -0.2) is 25.2 Å². The molecule has 0 heterocycles. The molecule has 0 bridgehead atoms. The van der Waals surface area contributed by atoms with E-state index in [0.29, 0.717) is 19.2 Å². The van der Waals surface area contributed by atoms with Crippen molar-refractivity contribution in [3.05, 3.63) is 35.4 Å². The quantitative estimate of drug-likeness (QED) is 0.292. The van der Waals surface area contributed by atoms with Gasteiger partial charge in [0.25, 0.3) is 0 Å². The van der Waals surface area contributed by atoms with Gasteiger partial charge >= 0.3 is 0 Å². The second-order valence-electron chi connectivity index (χ2n) is 5.32. The molecule has 1 aromatic rings. The first kappa shape index (κ1) is 21.2. The van der Waals surface area contributed by atoms with Gasteiger partial charge in [0.05, 0.1) is 13.2 Å². The fraction of sp³-hybridized carbons (Fsp3) is 0.588. The standard InChI is InChI=1S/C17H29N3O.HI/c1-5-11-21-13-16-10-8-7-9-15(16)12-19-17(18-6-2)20-14(3)4;/h7-10,14H,5-6,11-13H2,1-4H3,(H2,18,19,20);1H. The van der Waals surface area contributed by atoms with Crippen LogP contribution in [0, 0.1) is 0 Å². The summed E-state index contributed by atoms with van der Waals surface area (Å²) in [7, 11) is 0. The number of aliphatic imine (C=N–C) groups is 1. The molecule has 0 aromatic heterocycles. The van der Waals surface area contributed by atoms with Gasteiger partial charge in [0.1, 0.15) is 0 Å². The van der Waals surface area contributed by atoms with E-state index in [1.54, 1.807) is 0 Å². The van der Waals surface area contributed by atoms with Crippen molar-refractivity contribution in [2.24, 2.45) is 4.99 Å². The van der Waals surface area contributed by atoms with Crippen molar-refractivity contribution in [1.29, 1.82) is 0 Å². The van der Waals surface area contributed by atoms with Crippen LogP contribution in [0.3, 0.4) is 0 Å². The van der Waals surface area contributed by atoms with Gasteiger partial charge in [-0.25, -0.2) is 4.99 Å². The Morgan fingerprint density at radius 2 is 1.86 bits per heavy atom. The molecule has 0 aliphatic carbocycles. The molecule has 5 heteroatoms. The smallest absolute Gasteiger partial charge is 0.191 e. The van der Waals surface area contributed by atoms with Crippen molar-refractivity contribution in [3.63, 3.8) is 0 Å². The fourth-order valence-electron chi connectivity index (χ4n) is 1.94. The largest absolute Gasteiger partial charge is 0.377 e. The molecule has 0 amide bonds. The molecular formula is C17H30IN3O. The minimum Gasteiger partial charge on any atom is -0.377 e. The Labute approximate surface area is 152 Å². The van der Waals surface area contributed by atoms with E-state index in [0.717, 1.165) is 25.5 Å². The average Bonchev–Trinajstić information content (AvgIpc) is 2.46. The average molecular weight is 419 g/mol. The van der Waals surface area contributed by atoms with E-state index in [1.807, 2.05) is 0 Å². The monoisotopic (exact) mass is 419 g/mol. The fourth-order valence-corrected chi connectivity index (χ4v) is 1.94. The third-order valence-electron chi connectivity index (χ3n) is 2.90. The molecular weight excluding hydrogens is 389 g/mol. The highest BCUT2D eigenvalue weighted by Crippen LogP contribution is 2.11. The molecule has 0 unspecified atom stereocenters. The van der Waals surface area contributed by atoms with Crippen LogP contribution in [0.1, 0.15) is 45.2 Å². The third kappa shape index (κ3) is 8.58. The van der Waals surface area contributed by atoms with Gasteiger partial charge in [-0.05, 0) is 38.3 Å². The zero-order valence-electron chi connectivity index (χ0n) is 14.2. The van der Waals surface area contributed by atoms with Crippen molar-refractivity contribution in [1.82, 2.24) is 10.6 Å². The molecule has 4 nitrogen and oxygen atoms in total. The number of hydrogen-bond acceptors (Lipinski definition) is 2. The number of halogens is 1. The Balaban J connectivity index is 0.00000441. The molecule has 126 valence electrons. The molecule has 0 radical (unpaired) electrons. The third-order valence-corrected chi connectivity index (χ3v) is 2.90. The van der Waals surface area contributed by atoms with Gasteiger partial charge in [-0.1, -0.05) is 31.2 Å². The summed E-state index contributed by atoms with van der Waals surface area (Å²) in [5, 5.41) is 6.59. The summed E-state index contributed by atoms with van der Waals surface area (Å²) in [4.78, 5) is 4.65. The van der Waals surface area contributed by atoms with Crippen molar-refractivity contribution in [3.8, 4) is 0 Å². The van der Waals surface area contributed by atoms with Crippen LogP contribution >= 0.6 is 24.0 Å². The van der Waals surface area contributed by atoms with Gasteiger partial charge in [-0.15, -0.1) is 24.0 Å². The van der Waals surface area contributed by atoms with E-state index in [-0.39, 0.29) is 24.0 Å². The van der Waals surface area contributed by atoms with E-state index < -0.39 is 0 Å². The number of ether oxygens (including phenoxy) is 1. The molecule has 1 rings (SSSR count). The Hall–Kier alpha value is -0.820. The van der Waals surface area contributed by atoms with Crippen LogP contribution in [0.2, 0.25) is 0 Å². The predicted molar refractivity (Wildman–Crippen MR) is 105 cm³/mol. The van der Waals surface area contributed by atoms with E-state index in [2.05, 4.69) is 67.6 Å². The molecule has 2 N–H and O–H groups in total. The second kappa shape index (κ2) is 12.7. The van der Waals surface area contributed by atoms with Crippen molar-refractivity contribution >= 4 is 29.9 Å². The highest BCUT2D eigenvalue weighted by atomic mass is 127. The highest BCUT2D eigenvalue weighted by molar-refractivity contribution is 14.0. The Kier molecular flexibility index (Phi) is 12.2. The maximum atomic E-state index is 5.65. The van der Waals surface area contributed by atoms with Crippen LogP contribution in [0.25, 0.3) is 0 Å². The molecule has 0 aliphatic heterocycles. The molecule has 22 heavy (non-hydrogen) atoms. The summed E-state index contributed by atoms with van der Waals surface area (Å²) < 4.78 is 5.65. The number of benzene rings is 1. The van der Waals surface area contributed by atoms with Crippen LogP contribution in [-0.2, 0) is 17.9 Å². The lowest BCUT2D eigenvalue weighted by atomic mass is 10.1. The van der Waals surface area contributed by atoms with Crippen molar-refractivity contribution < 1.29 is 4.74 Å². The zero-order valence-corrected chi connectivity index (χ0v) is 16.5. The highest BCUT2D eigenvalue weighted by Gasteiger charge is 2.03.